The van der Waals surface area contributed by atoms with Gasteiger partial charge in [0.25, 0.3) is 5.91 Å². The molecule has 6 heteroatoms. The molecule has 0 aliphatic carbocycles. The average Bonchev–Trinajstić information content (AvgIpc) is 3.15. The lowest BCUT2D eigenvalue weighted by molar-refractivity contribution is 0.0667. The van der Waals surface area contributed by atoms with Crippen LogP contribution in [-0.2, 0) is 18.3 Å². The first kappa shape index (κ1) is 16.8. The van der Waals surface area contributed by atoms with E-state index >= 15 is 0 Å². The second-order valence-corrected chi connectivity index (χ2v) is 6.36. The van der Waals surface area contributed by atoms with Crippen LogP contribution in [0.5, 0.6) is 0 Å². The monoisotopic (exact) mass is 330 g/mol. The molecule has 0 bridgehead atoms. The normalized spacial score (nSPS) is 18.6. The molecule has 130 valence electrons. The maximum atomic E-state index is 13.1. The van der Waals surface area contributed by atoms with Crippen molar-refractivity contribution in [2.75, 3.05) is 20.3 Å². The van der Waals surface area contributed by atoms with E-state index in [0.29, 0.717) is 18.8 Å². The summed E-state index contributed by atoms with van der Waals surface area (Å²) < 4.78 is 8.96. The Morgan fingerprint density at radius 3 is 2.92 bits per heavy atom. The van der Waals surface area contributed by atoms with Crippen LogP contribution < -0.4 is 0 Å². The maximum absolute atomic E-state index is 13.1. The van der Waals surface area contributed by atoms with E-state index in [0.717, 1.165) is 25.8 Å². The van der Waals surface area contributed by atoms with E-state index in [2.05, 4.69) is 15.7 Å². The summed E-state index contributed by atoms with van der Waals surface area (Å²) >= 11 is 0. The van der Waals surface area contributed by atoms with Gasteiger partial charge in [-0.2, -0.15) is 5.10 Å². The molecule has 1 aliphatic heterocycles. The fraction of sp³-hybridized carbons (Fsp3) is 0.556. The lowest BCUT2D eigenvalue weighted by Crippen LogP contribution is -2.36. The van der Waals surface area contributed by atoms with Crippen molar-refractivity contribution in [2.24, 2.45) is 7.05 Å². The van der Waals surface area contributed by atoms with Gasteiger partial charge in [-0.05, 0) is 31.0 Å². The Balaban J connectivity index is 1.82. The summed E-state index contributed by atoms with van der Waals surface area (Å²) in [5.74, 6) is 0.0271. The quantitative estimate of drug-likeness (QED) is 0.847. The smallest absolute Gasteiger partial charge is 0.274 e. The molecule has 1 unspecified atom stereocenters. The van der Waals surface area contributed by atoms with Gasteiger partial charge in [0.15, 0.2) is 0 Å². The maximum Gasteiger partial charge on any atom is 0.274 e. The summed E-state index contributed by atoms with van der Waals surface area (Å²) in [4.78, 5) is 15.1. The predicted octanol–water partition coefficient (Wildman–Crippen LogP) is 2.63. The Morgan fingerprint density at radius 2 is 2.17 bits per heavy atom. The molecule has 2 aromatic heterocycles. The Kier molecular flexibility index (Phi) is 5.35. The van der Waals surface area contributed by atoms with Crippen LogP contribution in [0.4, 0.5) is 0 Å². The summed E-state index contributed by atoms with van der Waals surface area (Å²) in [6.45, 7) is 2.04. The van der Waals surface area contributed by atoms with Gasteiger partial charge in [-0.3, -0.25) is 9.48 Å². The van der Waals surface area contributed by atoms with Gasteiger partial charge in [0, 0.05) is 38.8 Å². The number of hydrogen-bond acceptors (Lipinski definition) is 3. The van der Waals surface area contributed by atoms with E-state index in [9.17, 15) is 4.79 Å². The Labute approximate surface area is 143 Å². The minimum atomic E-state index is 0.0271. The third-order valence-electron chi connectivity index (χ3n) is 4.72. The highest BCUT2D eigenvalue weighted by Crippen LogP contribution is 2.31. The second-order valence-electron chi connectivity index (χ2n) is 6.36. The van der Waals surface area contributed by atoms with Crippen molar-refractivity contribution in [3.63, 3.8) is 0 Å². The van der Waals surface area contributed by atoms with Crippen LogP contribution in [-0.4, -0.2) is 45.4 Å². The van der Waals surface area contributed by atoms with Crippen LogP contribution in [0.3, 0.4) is 0 Å². The van der Waals surface area contributed by atoms with Gasteiger partial charge in [-0.15, -0.1) is 0 Å². The zero-order valence-electron chi connectivity index (χ0n) is 14.5. The van der Waals surface area contributed by atoms with E-state index in [1.165, 1.54) is 12.1 Å². The molecule has 1 saturated heterocycles. The molecule has 0 radical (unpaired) electrons. The number of hydrogen-bond donors (Lipinski definition) is 0. The van der Waals surface area contributed by atoms with Crippen LogP contribution in [0.25, 0.3) is 0 Å². The summed E-state index contributed by atoms with van der Waals surface area (Å²) in [7, 11) is 3.71. The topological polar surface area (TPSA) is 52.3 Å². The van der Waals surface area contributed by atoms with Crippen LogP contribution >= 0.6 is 0 Å². The predicted molar refractivity (Wildman–Crippen MR) is 91.8 cm³/mol. The number of carbonyl (C=O) groups is 1. The largest absolute Gasteiger partial charge is 0.383 e. The molecule has 1 fully saturated rings. The first-order valence-corrected chi connectivity index (χ1v) is 8.65. The Bertz CT molecular complexity index is 676. The molecule has 0 saturated carbocycles. The zero-order valence-corrected chi connectivity index (χ0v) is 14.5. The van der Waals surface area contributed by atoms with Crippen LogP contribution in [0, 0.1) is 0 Å². The number of methoxy groups -OCH3 is 1. The van der Waals surface area contributed by atoms with E-state index in [1.54, 1.807) is 11.8 Å². The van der Waals surface area contributed by atoms with Gasteiger partial charge >= 0.3 is 0 Å². The highest BCUT2D eigenvalue weighted by atomic mass is 16.5. The molecule has 0 aromatic carbocycles. The van der Waals surface area contributed by atoms with Gasteiger partial charge < -0.3 is 14.2 Å². The number of aryl methyl sites for hydroxylation is 1. The number of carbonyl (C=O) groups excluding carboxylic acids is 1. The van der Waals surface area contributed by atoms with Crippen molar-refractivity contribution in [3.8, 4) is 0 Å². The summed E-state index contributed by atoms with van der Waals surface area (Å²) in [5.41, 5.74) is 1.72. The fourth-order valence-electron chi connectivity index (χ4n) is 3.41. The van der Waals surface area contributed by atoms with Crippen LogP contribution in [0.15, 0.2) is 30.6 Å². The lowest BCUT2D eigenvalue weighted by Gasteiger charge is -2.30. The van der Waals surface area contributed by atoms with Crippen molar-refractivity contribution < 1.29 is 9.53 Å². The minimum Gasteiger partial charge on any atom is -0.383 e. The van der Waals surface area contributed by atoms with Gasteiger partial charge in [0.2, 0.25) is 0 Å². The zero-order chi connectivity index (χ0) is 16.9. The van der Waals surface area contributed by atoms with Crippen LogP contribution in [0.2, 0.25) is 0 Å². The van der Waals surface area contributed by atoms with Crippen molar-refractivity contribution in [1.82, 2.24) is 19.2 Å². The van der Waals surface area contributed by atoms with Crippen molar-refractivity contribution >= 4 is 5.91 Å². The third kappa shape index (κ3) is 3.53. The van der Waals surface area contributed by atoms with Crippen molar-refractivity contribution in [2.45, 2.75) is 38.3 Å². The number of nitrogens with zero attached hydrogens (tertiary/aromatic N) is 4. The van der Waals surface area contributed by atoms with E-state index in [4.69, 9.17) is 4.74 Å². The van der Waals surface area contributed by atoms with Crippen molar-refractivity contribution in [3.05, 3.63) is 42.0 Å². The Morgan fingerprint density at radius 1 is 1.29 bits per heavy atom. The highest BCUT2D eigenvalue weighted by Gasteiger charge is 2.29. The molecule has 1 amide bonds. The molecule has 3 rings (SSSR count). The minimum absolute atomic E-state index is 0.0271. The molecule has 3 heterocycles. The molecule has 0 N–H and O–H groups in total. The summed E-state index contributed by atoms with van der Waals surface area (Å²) in [5, 5.41) is 4.43. The number of amides is 1. The first-order chi connectivity index (χ1) is 11.7. The average molecular weight is 330 g/mol. The highest BCUT2D eigenvalue weighted by molar-refractivity contribution is 5.92. The molecule has 0 spiro atoms. The number of likely N-dealkylation sites (tertiary alicyclic amines) is 1. The number of rotatable bonds is 5. The molecular weight excluding hydrogens is 304 g/mol. The number of ether oxygens (including phenoxy) is 1. The fourth-order valence-corrected chi connectivity index (χ4v) is 3.41. The van der Waals surface area contributed by atoms with Crippen molar-refractivity contribution in [1.29, 1.82) is 0 Å². The van der Waals surface area contributed by atoms with Gasteiger partial charge in [-0.25, -0.2) is 0 Å². The summed E-state index contributed by atoms with van der Waals surface area (Å²) in [6, 6.07) is 6.10. The standard InChI is InChI=1S/C18H26N4O2/c1-20-10-6-8-16(20)17-7-4-3-5-11-22(17)18(23)15-9-12-21(19-15)13-14-24-2/h6,8-10,12,17H,3-5,7,11,13-14H2,1-2H3. The van der Waals surface area contributed by atoms with Gasteiger partial charge in [-0.1, -0.05) is 12.8 Å². The van der Waals surface area contributed by atoms with Gasteiger partial charge in [0.1, 0.15) is 5.69 Å². The van der Waals surface area contributed by atoms with E-state index < -0.39 is 0 Å². The summed E-state index contributed by atoms with van der Waals surface area (Å²) in [6.07, 6.45) is 8.28. The first-order valence-electron chi connectivity index (χ1n) is 8.65. The molecule has 1 aliphatic rings. The number of aromatic nitrogens is 3. The third-order valence-corrected chi connectivity index (χ3v) is 4.72. The van der Waals surface area contributed by atoms with Crippen LogP contribution in [0.1, 0.15) is 47.9 Å². The lowest BCUT2D eigenvalue weighted by atomic mass is 10.1. The molecule has 24 heavy (non-hydrogen) atoms. The molecular formula is C18H26N4O2. The molecule has 1 atom stereocenters. The Hall–Kier alpha value is -2.08. The van der Waals surface area contributed by atoms with E-state index in [1.807, 2.05) is 36.5 Å². The molecule has 6 nitrogen and oxygen atoms in total. The van der Waals surface area contributed by atoms with E-state index in [-0.39, 0.29) is 11.9 Å². The van der Waals surface area contributed by atoms with Gasteiger partial charge in [0.05, 0.1) is 19.2 Å². The second kappa shape index (κ2) is 7.66. The SMILES string of the molecule is COCCn1ccc(C(=O)N2CCCCCC2c2cccn2C)n1. The molecule has 2 aromatic rings.